The molecule has 0 atom stereocenters. The van der Waals surface area contributed by atoms with Gasteiger partial charge in [-0.05, 0) is 37.1 Å². The average molecular weight is 391 g/mol. The molecule has 1 aromatic carbocycles. The molecule has 0 fully saturated rings. The summed E-state index contributed by atoms with van der Waals surface area (Å²) in [5.74, 6) is -0.666. The van der Waals surface area contributed by atoms with E-state index >= 15 is 0 Å². The molecule has 28 heavy (non-hydrogen) atoms. The van der Waals surface area contributed by atoms with Crippen LogP contribution >= 0.6 is 0 Å². The van der Waals surface area contributed by atoms with Gasteiger partial charge in [-0.3, -0.25) is 0 Å². The van der Waals surface area contributed by atoms with Gasteiger partial charge < -0.3 is 9.47 Å². The number of hydrogen-bond donors (Lipinski definition) is 0. The molecule has 4 heteroatoms. The molecule has 0 aromatic heterocycles. The minimum Gasteiger partial charge on any atom is -0.462 e. The number of hydrogen-bond acceptors (Lipinski definition) is 4. The summed E-state index contributed by atoms with van der Waals surface area (Å²) >= 11 is 0. The highest BCUT2D eigenvalue weighted by Crippen LogP contribution is 2.10. The van der Waals surface area contributed by atoms with Crippen molar-refractivity contribution in [2.45, 2.75) is 90.9 Å². The van der Waals surface area contributed by atoms with E-state index < -0.39 is 0 Å². The van der Waals surface area contributed by atoms with Crippen LogP contribution in [0.4, 0.5) is 0 Å². The second kappa shape index (κ2) is 16.1. The highest BCUT2D eigenvalue weighted by atomic mass is 16.5. The van der Waals surface area contributed by atoms with Crippen LogP contribution in [0.1, 0.15) is 112 Å². The van der Waals surface area contributed by atoms with Gasteiger partial charge in [-0.2, -0.15) is 0 Å². The van der Waals surface area contributed by atoms with Crippen LogP contribution in [-0.2, 0) is 9.47 Å². The van der Waals surface area contributed by atoms with E-state index in [-0.39, 0.29) is 11.9 Å². The van der Waals surface area contributed by atoms with Gasteiger partial charge in [0.15, 0.2) is 0 Å². The second-order valence-electron chi connectivity index (χ2n) is 7.38. The third kappa shape index (κ3) is 11.1. The fourth-order valence-corrected chi connectivity index (χ4v) is 3.00. The Labute approximate surface area is 171 Å². The fraction of sp³-hybridized carbons (Fsp3) is 0.667. The Balaban J connectivity index is 2.20. The highest BCUT2D eigenvalue weighted by Gasteiger charge is 2.10. The Morgan fingerprint density at radius 2 is 0.893 bits per heavy atom. The Morgan fingerprint density at radius 1 is 0.571 bits per heavy atom. The summed E-state index contributed by atoms with van der Waals surface area (Å²) in [4.78, 5) is 24.1. The molecule has 0 saturated carbocycles. The van der Waals surface area contributed by atoms with Gasteiger partial charge in [0, 0.05) is 0 Å². The van der Waals surface area contributed by atoms with Crippen LogP contribution < -0.4 is 0 Å². The summed E-state index contributed by atoms with van der Waals surface area (Å²) < 4.78 is 10.6. The van der Waals surface area contributed by atoms with Gasteiger partial charge in [0.05, 0.1) is 24.3 Å². The molecule has 0 N–H and O–H groups in total. The molecule has 0 amide bonds. The van der Waals surface area contributed by atoms with E-state index in [1.54, 1.807) is 24.3 Å². The molecule has 1 aromatic rings. The van der Waals surface area contributed by atoms with Crippen molar-refractivity contribution in [1.29, 1.82) is 0 Å². The molecule has 0 saturated heterocycles. The van der Waals surface area contributed by atoms with Crippen molar-refractivity contribution >= 4 is 11.9 Å². The van der Waals surface area contributed by atoms with Gasteiger partial charge in [0.1, 0.15) is 0 Å². The van der Waals surface area contributed by atoms with Gasteiger partial charge in [-0.25, -0.2) is 9.59 Å². The van der Waals surface area contributed by atoms with E-state index in [1.165, 1.54) is 51.4 Å². The molecule has 0 unspecified atom stereocenters. The summed E-state index contributed by atoms with van der Waals surface area (Å²) in [7, 11) is 0. The van der Waals surface area contributed by atoms with Crippen molar-refractivity contribution < 1.29 is 19.1 Å². The first-order valence-electron chi connectivity index (χ1n) is 11.1. The van der Waals surface area contributed by atoms with Gasteiger partial charge in [0.25, 0.3) is 0 Å². The number of rotatable bonds is 16. The third-order valence-corrected chi connectivity index (χ3v) is 4.82. The van der Waals surface area contributed by atoms with Crippen LogP contribution in [0.15, 0.2) is 24.3 Å². The summed E-state index contributed by atoms with van der Waals surface area (Å²) in [5, 5.41) is 0. The van der Waals surface area contributed by atoms with Crippen LogP contribution in [0.25, 0.3) is 0 Å². The van der Waals surface area contributed by atoms with Crippen LogP contribution in [0.5, 0.6) is 0 Å². The van der Waals surface area contributed by atoms with Crippen molar-refractivity contribution in [1.82, 2.24) is 0 Å². The summed E-state index contributed by atoms with van der Waals surface area (Å²) in [5.41, 5.74) is 0.942. The van der Waals surface area contributed by atoms with Crippen molar-refractivity contribution in [3.8, 4) is 0 Å². The second-order valence-corrected chi connectivity index (χ2v) is 7.38. The molecule has 1 rings (SSSR count). The normalized spacial score (nSPS) is 10.6. The number of benzene rings is 1. The zero-order valence-corrected chi connectivity index (χ0v) is 17.8. The quantitative estimate of drug-likeness (QED) is 0.232. The molecule has 4 nitrogen and oxygen atoms in total. The Bertz CT molecular complexity index is 487. The van der Waals surface area contributed by atoms with E-state index in [2.05, 4.69) is 13.8 Å². The molecule has 0 aliphatic carbocycles. The number of esters is 2. The van der Waals surface area contributed by atoms with Crippen LogP contribution in [-0.4, -0.2) is 25.2 Å². The molecule has 0 aliphatic rings. The number of carbonyl (C=O) groups is 2. The summed E-state index contributed by atoms with van der Waals surface area (Å²) in [6.45, 7) is 5.30. The minimum atomic E-state index is -0.333. The predicted molar refractivity (Wildman–Crippen MR) is 114 cm³/mol. The van der Waals surface area contributed by atoms with E-state index in [0.29, 0.717) is 24.3 Å². The predicted octanol–water partition coefficient (Wildman–Crippen LogP) is 6.72. The lowest BCUT2D eigenvalue weighted by atomic mass is 10.1. The maximum absolute atomic E-state index is 12.0. The Morgan fingerprint density at radius 3 is 1.25 bits per heavy atom. The lowest BCUT2D eigenvalue weighted by Gasteiger charge is -2.07. The van der Waals surface area contributed by atoms with Gasteiger partial charge >= 0.3 is 11.9 Å². The molecule has 0 spiro atoms. The third-order valence-electron chi connectivity index (χ3n) is 4.82. The molecule has 0 bridgehead atoms. The first-order chi connectivity index (χ1) is 13.7. The molecular formula is C24H38O4. The SMILES string of the molecule is CCCCCCCCOC(=O)c1ccc(C(=O)OCCCCCCCC)cc1. The van der Waals surface area contributed by atoms with Gasteiger partial charge in [-0.1, -0.05) is 78.1 Å². The van der Waals surface area contributed by atoms with Crippen molar-refractivity contribution in [2.75, 3.05) is 13.2 Å². The van der Waals surface area contributed by atoms with E-state index in [9.17, 15) is 9.59 Å². The maximum Gasteiger partial charge on any atom is 0.338 e. The first-order valence-corrected chi connectivity index (χ1v) is 11.1. The van der Waals surface area contributed by atoms with Crippen LogP contribution in [0.3, 0.4) is 0 Å². The first kappa shape index (κ1) is 24.2. The monoisotopic (exact) mass is 390 g/mol. The molecule has 158 valence electrons. The van der Waals surface area contributed by atoms with E-state index in [1.807, 2.05) is 0 Å². The summed E-state index contributed by atoms with van der Waals surface area (Å²) in [6, 6.07) is 6.52. The topological polar surface area (TPSA) is 52.6 Å². The minimum absolute atomic E-state index is 0.333. The number of carbonyl (C=O) groups excluding carboxylic acids is 2. The zero-order chi connectivity index (χ0) is 20.5. The molecule has 0 radical (unpaired) electrons. The van der Waals surface area contributed by atoms with Crippen molar-refractivity contribution in [3.63, 3.8) is 0 Å². The maximum atomic E-state index is 12.0. The molecular weight excluding hydrogens is 352 g/mol. The van der Waals surface area contributed by atoms with E-state index in [0.717, 1.165) is 25.7 Å². The lowest BCUT2D eigenvalue weighted by molar-refractivity contribution is 0.0483. The highest BCUT2D eigenvalue weighted by molar-refractivity contribution is 5.93. The molecule has 0 aliphatic heterocycles. The summed E-state index contributed by atoms with van der Waals surface area (Å²) in [6.07, 6.45) is 13.9. The number of ether oxygens (including phenoxy) is 2. The van der Waals surface area contributed by atoms with Gasteiger partial charge in [0.2, 0.25) is 0 Å². The van der Waals surface area contributed by atoms with E-state index in [4.69, 9.17) is 9.47 Å². The van der Waals surface area contributed by atoms with Crippen LogP contribution in [0.2, 0.25) is 0 Å². The Hall–Kier alpha value is -1.84. The van der Waals surface area contributed by atoms with Crippen LogP contribution in [0, 0.1) is 0 Å². The van der Waals surface area contributed by atoms with Crippen molar-refractivity contribution in [3.05, 3.63) is 35.4 Å². The lowest BCUT2D eigenvalue weighted by Crippen LogP contribution is -2.09. The smallest absolute Gasteiger partial charge is 0.338 e. The standard InChI is InChI=1S/C24H38O4/c1-3-5-7-9-11-13-19-27-23(25)21-15-17-22(18-16-21)24(26)28-20-14-12-10-8-6-4-2/h15-18H,3-14,19-20H2,1-2H3. The number of unbranched alkanes of at least 4 members (excludes halogenated alkanes) is 10. The fourth-order valence-electron chi connectivity index (χ4n) is 3.00. The van der Waals surface area contributed by atoms with Crippen molar-refractivity contribution in [2.24, 2.45) is 0 Å². The van der Waals surface area contributed by atoms with Gasteiger partial charge in [-0.15, -0.1) is 0 Å². The average Bonchev–Trinajstić information content (AvgIpc) is 2.72. The largest absolute Gasteiger partial charge is 0.462 e. The zero-order valence-electron chi connectivity index (χ0n) is 17.8. The Kier molecular flexibility index (Phi) is 14.0. The molecule has 0 heterocycles.